The van der Waals surface area contributed by atoms with Gasteiger partial charge in [-0.05, 0) is 40.0 Å². The minimum absolute atomic E-state index is 0.00151. The first kappa shape index (κ1) is 12.4. The predicted octanol–water partition coefficient (Wildman–Crippen LogP) is 1.98. The molecule has 0 heterocycles. The SMILES string of the molecule is COc1cc(C(N)CCO)cc(Br)c1F. The first-order valence-corrected chi connectivity index (χ1v) is 5.28. The van der Waals surface area contributed by atoms with Gasteiger partial charge in [0.2, 0.25) is 0 Å². The van der Waals surface area contributed by atoms with E-state index in [0.717, 1.165) is 5.56 Å². The molecular weight excluding hydrogens is 265 g/mol. The molecule has 15 heavy (non-hydrogen) atoms. The molecule has 0 radical (unpaired) electrons. The second kappa shape index (κ2) is 5.44. The van der Waals surface area contributed by atoms with Crippen LogP contribution in [0.5, 0.6) is 5.75 Å². The molecule has 0 aliphatic rings. The number of nitrogens with two attached hydrogens (primary N) is 1. The molecule has 0 amide bonds. The van der Waals surface area contributed by atoms with E-state index in [9.17, 15) is 4.39 Å². The summed E-state index contributed by atoms with van der Waals surface area (Å²) in [5.74, 6) is -0.301. The van der Waals surface area contributed by atoms with Crippen molar-refractivity contribution in [2.45, 2.75) is 12.5 Å². The summed E-state index contributed by atoms with van der Waals surface area (Å²) in [4.78, 5) is 0. The van der Waals surface area contributed by atoms with Gasteiger partial charge < -0.3 is 15.6 Å². The molecule has 0 aliphatic carbocycles. The number of aliphatic hydroxyl groups is 1. The lowest BCUT2D eigenvalue weighted by Crippen LogP contribution is -2.12. The molecule has 1 unspecified atom stereocenters. The Hall–Kier alpha value is -0.650. The van der Waals surface area contributed by atoms with Gasteiger partial charge in [0.1, 0.15) is 0 Å². The molecule has 1 aromatic carbocycles. The summed E-state index contributed by atoms with van der Waals surface area (Å²) in [7, 11) is 1.40. The van der Waals surface area contributed by atoms with E-state index in [1.54, 1.807) is 12.1 Å². The summed E-state index contributed by atoms with van der Waals surface area (Å²) < 4.78 is 18.6. The topological polar surface area (TPSA) is 55.5 Å². The van der Waals surface area contributed by atoms with Crippen molar-refractivity contribution in [1.82, 2.24) is 0 Å². The van der Waals surface area contributed by atoms with E-state index in [4.69, 9.17) is 15.6 Å². The average Bonchev–Trinajstić information content (AvgIpc) is 2.22. The molecule has 84 valence electrons. The van der Waals surface area contributed by atoms with E-state index in [1.165, 1.54) is 7.11 Å². The fourth-order valence-corrected chi connectivity index (χ4v) is 1.71. The lowest BCUT2D eigenvalue weighted by molar-refractivity contribution is 0.276. The highest BCUT2D eigenvalue weighted by molar-refractivity contribution is 9.10. The largest absolute Gasteiger partial charge is 0.494 e. The second-order valence-corrected chi connectivity index (χ2v) is 3.99. The first-order valence-electron chi connectivity index (χ1n) is 4.49. The zero-order valence-electron chi connectivity index (χ0n) is 8.34. The van der Waals surface area contributed by atoms with Crippen molar-refractivity contribution in [1.29, 1.82) is 0 Å². The molecule has 1 atom stereocenters. The molecule has 0 aliphatic heterocycles. The van der Waals surface area contributed by atoms with Crippen molar-refractivity contribution in [3.8, 4) is 5.75 Å². The van der Waals surface area contributed by atoms with Crippen LogP contribution in [-0.4, -0.2) is 18.8 Å². The molecule has 3 N–H and O–H groups in total. The molecule has 0 aromatic heterocycles. The summed E-state index contributed by atoms with van der Waals surface area (Å²) >= 11 is 3.08. The number of aliphatic hydroxyl groups excluding tert-OH is 1. The van der Waals surface area contributed by atoms with E-state index in [0.29, 0.717) is 10.9 Å². The van der Waals surface area contributed by atoms with Crippen molar-refractivity contribution < 1.29 is 14.2 Å². The van der Waals surface area contributed by atoms with E-state index < -0.39 is 5.82 Å². The predicted molar refractivity (Wildman–Crippen MR) is 59.3 cm³/mol. The van der Waals surface area contributed by atoms with Crippen LogP contribution < -0.4 is 10.5 Å². The molecule has 5 heteroatoms. The van der Waals surface area contributed by atoms with Crippen LogP contribution in [0.1, 0.15) is 18.0 Å². The lowest BCUT2D eigenvalue weighted by atomic mass is 10.0. The third-order valence-corrected chi connectivity index (χ3v) is 2.68. The molecule has 0 saturated carbocycles. The summed E-state index contributed by atoms with van der Waals surface area (Å²) in [6.07, 6.45) is 0.432. The molecule has 0 bridgehead atoms. The minimum atomic E-state index is -0.447. The Bertz CT molecular complexity index is 346. The highest BCUT2D eigenvalue weighted by Gasteiger charge is 2.13. The van der Waals surface area contributed by atoms with Crippen LogP contribution in [0.3, 0.4) is 0 Å². The zero-order valence-corrected chi connectivity index (χ0v) is 9.92. The van der Waals surface area contributed by atoms with Gasteiger partial charge in [-0.15, -0.1) is 0 Å². The van der Waals surface area contributed by atoms with Crippen molar-refractivity contribution >= 4 is 15.9 Å². The summed E-state index contributed by atoms with van der Waals surface area (Å²) in [6, 6.07) is 2.82. The van der Waals surface area contributed by atoms with Gasteiger partial charge in [0.15, 0.2) is 11.6 Å². The van der Waals surface area contributed by atoms with Gasteiger partial charge in [-0.1, -0.05) is 0 Å². The van der Waals surface area contributed by atoms with Crippen LogP contribution >= 0.6 is 15.9 Å². The lowest BCUT2D eigenvalue weighted by Gasteiger charge is -2.13. The monoisotopic (exact) mass is 277 g/mol. The standard InChI is InChI=1S/C10H13BrFNO2/c1-15-9-5-6(8(13)2-3-14)4-7(11)10(9)12/h4-5,8,14H,2-3,13H2,1H3. The van der Waals surface area contributed by atoms with Gasteiger partial charge in [0, 0.05) is 12.6 Å². The third-order valence-electron chi connectivity index (χ3n) is 2.11. The molecule has 1 rings (SSSR count). The number of ether oxygens (including phenoxy) is 1. The van der Waals surface area contributed by atoms with Crippen molar-refractivity contribution in [2.24, 2.45) is 5.73 Å². The molecular formula is C10H13BrFNO2. The van der Waals surface area contributed by atoms with Gasteiger partial charge in [0.05, 0.1) is 11.6 Å². The van der Waals surface area contributed by atoms with E-state index in [2.05, 4.69) is 15.9 Å². The second-order valence-electron chi connectivity index (χ2n) is 3.14. The van der Waals surface area contributed by atoms with E-state index >= 15 is 0 Å². The Kier molecular flexibility index (Phi) is 4.50. The van der Waals surface area contributed by atoms with Gasteiger partial charge >= 0.3 is 0 Å². The fourth-order valence-electron chi connectivity index (χ4n) is 1.25. The highest BCUT2D eigenvalue weighted by Crippen LogP contribution is 2.29. The normalized spacial score (nSPS) is 12.6. The highest BCUT2D eigenvalue weighted by atomic mass is 79.9. The Morgan fingerprint density at radius 1 is 1.60 bits per heavy atom. The van der Waals surface area contributed by atoms with E-state index in [-0.39, 0.29) is 18.4 Å². The Morgan fingerprint density at radius 2 is 2.27 bits per heavy atom. The fraction of sp³-hybridized carbons (Fsp3) is 0.400. The molecule has 0 spiro atoms. The summed E-state index contributed by atoms with van der Waals surface area (Å²) in [6.45, 7) is -0.00151. The molecule has 0 saturated heterocycles. The average molecular weight is 278 g/mol. The number of hydrogen-bond donors (Lipinski definition) is 2. The van der Waals surface area contributed by atoms with Crippen LogP contribution in [0.15, 0.2) is 16.6 Å². The maximum atomic E-state index is 13.4. The Labute approximate surface area is 96.2 Å². The van der Waals surface area contributed by atoms with E-state index in [1.807, 2.05) is 0 Å². The summed E-state index contributed by atoms with van der Waals surface area (Å²) in [5.41, 5.74) is 6.52. The minimum Gasteiger partial charge on any atom is -0.494 e. The third kappa shape index (κ3) is 2.90. The quantitative estimate of drug-likeness (QED) is 0.885. The van der Waals surface area contributed by atoms with Crippen molar-refractivity contribution in [3.63, 3.8) is 0 Å². The van der Waals surface area contributed by atoms with Gasteiger partial charge in [-0.25, -0.2) is 4.39 Å². The first-order chi connectivity index (χ1) is 7.10. The van der Waals surface area contributed by atoms with Crippen molar-refractivity contribution in [2.75, 3.05) is 13.7 Å². The van der Waals surface area contributed by atoms with Gasteiger partial charge in [-0.3, -0.25) is 0 Å². The number of rotatable bonds is 4. The van der Waals surface area contributed by atoms with Crippen LogP contribution in [0.25, 0.3) is 0 Å². The smallest absolute Gasteiger partial charge is 0.179 e. The van der Waals surface area contributed by atoms with Gasteiger partial charge in [0.25, 0.3) is 0 Å². The number of hydrogen-bond acceptors (Lipinski definition) is 3. The number of halogens is 2. The van der Waals surface area contributed by atoms with Crippen LogP contribution in [0.2, 0.25) is 0 Å². The molecule has 1 aromatic rings. The van der Waals surface area contributed by atoms with Crippen LogP contribution in [0, 0.1) is 5.82 Å². The van der Waals surface area contributed by atoms with Crippen LogP contribution in [-0.2, 0) is 0 Å². The van der Waals surface area contributed by atoms with Crippen LogP contribution in [0.4, 0.5) is 4.39 Å². The number of methoxy groups -OCH3 is 1. The maximum Gasteiger partial charge on any atom is 0.179 e. The Balaban J connectivity index is 3.05. The summed E-state index contributed by atoms with van der Waals surface area (Å²) in [5, 5.41) is 8.75. The zero-order chi connectivity index (χ0) is 11.4. The number of benzene rings is 1. The maximum absolute atomic E-state index is 13.4. The Morgan fingerprint density at radius 3 is 2.80 bits per heavy atom. The van der Waals surface area contributed by atoms with Crippen molar-refractivity contribution in [3.05, 3.63) is 28.0 Å². The molecule has 3 nitrogen and oxygen atoms in total. The van der Waals surface area contributed by atoms with Gasteiger partial charge in [-0.2, -0.15) is 0 Å². The molecule has 0 fully saturated rings.